The number of carbonyl (C=O) groups excluding carboxylic acids is 1. The minimum absolute atomic E-state index is 0.121. The van der Waals surface area contributed by atoms with E-state index in [0.29, 0.717) is 30.1 Å². The molecule has 2 heterocycles. The summed E-state index contributed by atoms with van der Waals surface area (Å²) < 4.78 is 29.7. The van der Waals surface area contributed by atoms with Gasteiger partial charge >= 0.3 is 0 Å². The predicted molar refractivity (Wildman–Crippen MR) is 129 cm³/mol. The van der Waals surface area contributed by atoms with E-state index in [2.05, 4.69) is 20.1 Å². The van der Waals surface area contributed by atoms with E-state index in [0.717, 1.165) is 36.2 Å². The molecule has 0 saturated heterocycles. The lowest BCUT2D eigenvalue weighted by molar-refractivity contribution is 0.102. The molecule has 0 fully saturated rings. The van der Waals surface area contributed by atoms with Crippen molar-refractivity contribution >= 4 is 27.5 Å². The van der Waals surface area contributed by atoms with Gasteiger partial charge in [-0.1, -0.05) is 24.6 Å². The molecular formula is C24H27N5O3S. The quantitative estimate of drug-likeness (QED) is 0.594. The second-order valence-electron chi connectivity index (χ2n) is 8.07. The molecule has 2 N–H and O–H groups in total. The third-order valence-corrected chi connectivity index (χ3v) is 7.04. The largest absolute Gasteiger partial charge is 0.322 e. The van der Waals surface area contributed by atoms with Gasteiger partial charge in [0.2, 0.25) is 0 Å². The predicted octanol–water partition coefficient (Wildman–Crippen LogP) is 3.99. The summed E-state index contributed by atoms with van der Waals surface area (Å²) in [6.07, 6.45) is 5.11. The van der Waals surface area contributed by atoms with Gasteiger partial charge in [-0.2, -0.15) is 5.10 Å². The number of aromatic nitrogens is 2. The highest BCUT2D eigenvalue weighted by molar-refractivity contribution is 7.90. The van der Waals surface area contributed by atoms with Gasteiger partial charge in [0.25, 0.3) is 15.9 Å². The van der Waals surface area contributed by atoms with Crippen LogP contribution in [0.25, 0.3) is 5.69 Å². The third-order valence-electron chi connectivity index (χ3n) is 5.65. The van der Waals surface area contributed by atoms with E-state index in [4.69, 9.17) is 0 Å². The van der Waals surface area contributed by atoms with Crippen molar-refractivity contribution in [2.45, 2.75) is 44.4 Å². The minimum Gasteiger partial charge on any atom is -0.322 e. The number of hydrogen-bond donors (Lipinski definition) is 2. The van der Waals surface area contributed by atoms with E-state index in [-0.39, 0.29) is 10.8 Å². The lowest BCUT2D eigenvalue weighted by Crippen LogP contribution is -2.30. The number of sulfonamides is 1. The van der Waals surface area contributed by atoms with E-state index in [1.807, 2.05) is 38.1 Å². The Morgan fingerprint density at radius 1 is 1.00 bits per heavy atom. The van der Waals surface area contributed by atoms with Gasteiger partial charge in [0.1, 0.15) is 5.84 Å². The van der Waals surface area contributed by atoms with Crippen LogP contribution in [0.4, 0.5) is 5.69 Å². The average Bonchev–Trinajstić information content (AvgIpc) is 2.99. The minimum atomic E-state index is -3.72. The fraction of sp³-hybridized carbons (Fsp3) is 0.292. The van der Waals surface area contributed by atoms with Gasteiger partial charge in [-0.15, -0.1) is 0 Å². The molecule has 1 aliphatic rings. The molecule has 0 aliphatic carbocycles. The number of aryl methyl sites for hydroxylation is 1. The fourth-order valence-electron chi connectivity index (χ4n) is 3.76. The Morgan fingerprint density at radius 2 is 1.76 bits per heavy atom. The first-order chi connectivity index (χ1) is 15.8. The zero-order chi connectivity index (χ0) is 23.4. The molecule has 1 aromatic heterocycles. The van der Waals surface area contributed by atoms with Crippen molar-refractivity contribution in [2.75, 3.05) is 11.9 Å². The van der Waals surface area contributed by atoms with Crippen LogP contribution >= 0.6 is 0 Å². The number of amidine groups is 1. The molecule has 8 nitrogen and oxygen atoms in total. The number of carbonyl (C=O) groups is 1. The van der Waals surface area contributed by atoms with E-state index in [1.54, 1.807) is 16.8 Å². The second-order valence-corrected chi connectivity index (χ2v) is 9.75. The first kappa shape index (κ1) is 22.7. The molecule has 1 aliphatic heterocycles. The molecule has 9 heteroatoms. The highest BCUT2D eigenvalue weighted by Crippen LogP contribution is 2.20. The monoisotopic (exact) mass is 465 g/mol. The fourth-order valence-corrected chi connectivity index (χ4v) is 4.85. The summed E-state index contributed by atoms with van der Waals surface area (Å²) in [4.78, 5) is 17.3. The molecular weight excluding hydrogens is 438 g/mol. The van der Waals surface area contributed by atoms with Crippen molar-refractivity contribution in [3.63, 3.8) is 0 Å². The molecule has 1 amide bonds. The van der Waals surface area contributed by atoms with Crippen LogP contribution in [0.2, 0.25) is 0 Å². The molecule has 0 atom stereocenters. The SMILES string of the molecule is Cc1ccccc1-n1ncc(C(=O)Nc2ccc(S(=O)(=O)NC3=NCCCCC3)cc2)c1C. The highest BCUT2D eigenvalue weighted by atomic mass is 32.2. The van der Waals surface area contributed by atoms with E-state index in [1.165, 1.54) is 18.3 Å². The highest BCUT2D eigenvalue weighted by Gasteiger charge is 2.19. The van der Waals surface area contributed by atoms with Gasteiger partial charge in [-0.05, 0) is 62.6 Å². The van der Waals surface area contributed by atoms with Crippen LogP contribution in [0.1, 0.15) is 47.3 Å². The van der Waals surface area contributed by atoms with Crippen LogP contribution in [0, 0.1) is 13.8 Å². The van der Waals surface area contributed by atoms with E-state index >= 15 is 0 Å². The van der Waals surface area contributed by atoms with Gasteiger partial charge in [0.15, 0.2) is 0 Å². The number of anilines is 1. The molecule has 0 saturated carbocycles. The lowest BCUT2D eigenvalue weighted by Gasteiger charge is -2.11. The zero-order valence-electron chi connectivity index (χ0n) is 18.7. The van der Waals surface area contributed by atoms with Crippen molar-refractivity contribution in [3.8, 4) is 5.69 Å². The van der Waals surface area contributed by atoms with Crippen LogP contribution in [-0.2, 0) is 10.0 Å². The van der Waals surface area contributed by atoms with Gasteiger partial charge in [-0.25, -0.2) is 13.1 Å². The van der Waals surface area contributed by atoms with Crippen molar-refractivity contribution < 1.29 is 13.2 Å². The van der Waals surface area contributed by atoms with Crippen molar-refractivity contribution in [1.82, 2.24) is 14.5 Å². The Balaban J connectivity index is 1.47. The number of nitrogens with zero attached hydrogens (tertiary/aromatic N) is 3. The van der Waals surface area contributed by atoms with Crippen LogP contribution < -0.4 is 10.0 Å². The number of hydrogen-bond acceptors (Lipinski definition) is 5. The summed E-state index contributed by atoms with van der Waals surface area (Å²) in [5, 5.41) is 7.19. The number of nitrogens with one attached hydrogen (secondary N) is 2. The molecule has 0 bridgehead atoms. The van der Waals surface area contributed by atoms with Gasteiger partial charge < -0.3 is 5.32 Å². The third kappa shape index (κ3) is 5.14. The maximum Gasteiger partial charge on any atom is 0.262 e. The number of para-hydroxylation sites is 1. The first-order valence-electron chi connectivity index (χ1n) is 10.9. The molecule has 4 rings (SSSR count). The molecule has 33 heavy (non-hydrogen) atoms. The van der Waals surface area contributed by atoms with Gasteiger partial charge in [0.05, 0.1) is 28.0 Å². The summed E-state index contributed by atoms with van der Waals surface area (Å²) in [6, 6.07) is 13.9. The molecule has 3 aromatic rings. The van der Waals surface area contributed by atoms with E-state index in [9.17, 15) is 13.2 Å². The normalized spacial score (nSPS) is 14.3. The Morgan fingerprint density at radius 3 is 2.52 bits per heavy atom. The van der Waals surface area contributed by atoms with Crippen molar-refractivity contribution in [2.24, 2.45) is 4.99 Å². The summed E-state index contributed by atoms with van der Waals surface area (Å²) in [7, 11) is -3.72. The number of benzene rings is 2. The Kier molecular flexibility index (Phi) is 6.60. The first-order valence-corrected chi connectivity index (χ1v) is 12.4. The molecule has 0 spiro atoms. The van der Waals surface area contributed by atoms with Gasteiger partial charge in [-0.3, -0.25) is 14.5 Å². The lowest BCUT2D eigenvalue weighted by atomic mass is 10.2. The molecule has 2 aromatic carbocycles. The maximum absolute atomic E-state index is 12.8. The summed E-state index contributed by atoms with van der Waals surface area (Å²) in [6.45, 7) is 4.47. The van der Waals surface area contributed by atoms with Crippen molar-refractivity contribution in [3.05, 3.63) is 71.5 Å². The van der Waals surface area contributed by atoms with Crippen molar-refractivity contribution in [1.29, 1.82) is 0 Å². The number of aliphatic imine (C=N–C) groups is 1. The average molecular weight is 466 g/mol. The molecule has 0 unspecified atom stereocenters. The summed E-state index contributed by atoms with van der Waals surface area (Å²) in [5.74, 6) is 0.194. The molecule has 0 radical (unpaired) electrons. The molecule has 172 valence electrons. The van der Waals surface area contributed by atoms with Crippen LogP contribution in [-0.4, -0.2) is 36.5 Å². The second kappa shape index (κ2) is 9.58. The summed E-state index contributed by atoms with van der Waals surface area (Å²) in [5.41, 5.74) is 3.62. The summed E-state index contributed by atoms with van der Waals surface area (Å²) >= 11 is 0. The number of rotatable bonds is 5. The smallest absolute Gasteiger partial charge is 0.262 e. The van der Waals surface area contributed by atoms with Crippen LogP contribution in [0.5, 0.6) is 0 Å². The standard InChI is InChI=1S/C24H27N5O3S/c1-17-8-5-6-9-22(17)29-18(2)21(16-26-29)24(30)27-19-11-13-20(14-12-19)33(31,32)28-23-10-4-3-7-15-25-23/h5-6,8-9,11-14,16H,3-4,7,10,15H2,1-2H3,(H,25,28)(H,27,30). The Hall–Kier alpha value is -3.46. The topological polar surface area (TPSA) is 105 Å². The van der Waals surface area contributed by atoms with Gasteiger partial charge in [0, 0.05) is 18.7 Å². The maximum atomic E-state index is 12.8. The van der Waals surface area contributed by atoms with Crippen LogP contribution in [0.15, 0.2) is 64.6 Å². The van der Waals surface area contributed by atoms with E-state index < -0.39 is 10.0 Å². The zero-order valence-corrected chi connectivity index (χ0v) is 19.5. The van der Waals surface area contributed by atoms with Crippen LogP contribution in [0.3, 0.4) is 0 Å². The number of amides is 1. The Labute approximate surface area is 193 Å². The Bertz CT molecular complexity index is 1290.